The first-order valence-corrected chi connectivity index (χ1v) is 7.12. The van der Waals surface area contributed by atoms with Crippen LogP contribution in [0.3, 0.4) is 0 Å². The van der Waals surface area contributed by atoms with E-state index in [4.69, 9.17) is 16.3 Å². The van der Waals surface area contributed by atoms with Crippen LogP contribution in [0.4, 0.5) is 4.39 Å². The molecular weight excluding hydrogens is 297 g/mol. The van der Waals surface area contributed by atoms with Gasteiger partial charge in [-0.15, -0.1) is 0 Å². The summed E-state index contributed by atoms with van der Waals surface area (Å²) in [5, 5.41) is -0.216. The molecule has 2 aromatic rings. The summed E-state index contributed by atoms with van der Waals surface area (Å²) in [5.74, 6) is -1.39. The third kappa shape index (κ3) is 2.31. The Morgan fingerprint density at radius 2 is 2.19 bits per heavy atom. The second-order valence-corrected chi connectivity index (χ2v) is 5.36. The zero-order valence-corrected chi connectivity index (χ0v) is 12.1. The normalized spacial score (nSPS) is 14.4. The lowest BCUT2D eigenvalue weighted by molar-refractivity contribution is 0.0524. The Morgan fingerprint density at radius 1 is 1.48 bits per heavy atom. The van der Waals surface area contributed by atoms with Gasteiger partial charge >= 0.3 is 5.97 Å². The van der Waals surface area contributed by atoms with Gasteiger partial charge in [0.25, 0.3) is 0 Å². The van der Waals surface area contributed by atoms with E-state index in [1.807, 2.05) is 4.57 Å². The minimum absolute atomic E-state index is 0.0362. The van der Waals surface area contributed by atoms with Crippen LogP contribution in [-0.2, 0) is 4.74 Å². The predicted octanol–water partition coefficient (Wildman–Crippen LogP) is 3.31. The van der Waals surface area contributed by atoms with Crippen LogP contribution in [0, 0.1) is 5.82 Å². The molecule has 0 unspecified atom stereocenters. The highest BCUT2D eigenvalue weighted by Crippen LogP contribution is 2.38. The molecule has 1 saturated carbocycles. The number of esters is 1. The quantitative estimate of drug-likeness (QED) is 0.817. The van der Waals surface area contributed by atoms with E-state index in [9.17, 15) is 14.0 Å². The van der Waals surface area contributed by atoms with Crippen molar-refractivity contribution >= 4 is 28.5 Å². The Labute approximate surface area is 125 Å². The van der Waals surface area contributed by atoms with Crippen molar-refractivity contribution in [1.29, 1.82) is 0 Å². The van der Waals surface area contributed by atoms with Crippen molar-refractivity contribution < 1.29 is 13.9 Å². The van der Waals surface area contributed by atoms with Gasteiger partial charge in [0.1, 0.15) is 11.4 Å². The number of hydrogen-bond acceptors (Lipinski definition) is 3. The highest BCUT2D eigenvalue weighted by Gasteiger charge is 2.28. The van der Waals surface area contributed by atoms with Gasteiger partial charge in [-0.1, -0.05) is 11.6 Å². The number of nitrogens with zero attached hydrogens (tertiary/aromatic N) is 1. The Bertz CT molecular complexity index is 796. The highest BCUT2D eigenvalue weighted by molar-refractivity contribution is 6.35. The minimum atomic E-state index is -0.709. The van der Waals surface area contributed by atoms with Gasteiger partial charge in [-0.25, -0.2) is 9.18 Å². The molecule has 1 heterocycles. The SMILES string of the molecule is CCOC(=O)c1cn(C2CC2)c2ccc(F)c(Cl)c2c1=O. The van der Waals surface area contributed by atoms with Crippen molar-refractivity contribution in [2.75, 3.05) is 6.61 Å². The number of carbonyl (C=O) groups is 1. The van der Waals surface area contributed by atoms with E-state index in [1.54, 1.807) is 6.92 Å². The molecule has 6 heteroatoms. The van der Waals surface area contributed by atoms with E-state index in [0.29, 0.717) is 5.52 Å². The Kier molecular flexibility index (Phi) is 3.45. The van der Waals surface area contributed by atoms with Crippen LogP contribution in [0.5, 0.6) is 0 Å². The maximum Gasteiger partial charge on any atom is 0.343 e. The van der Waals surface area contributed by atoms with E-state index in [-0.39, 0.29) is 28.6 Å². The lowest BCUT2D eigenvalue weighted by atomic mass is 10.1. The van der Waals surface area contributed by atoms with Gasteiger partial charge in [-0.05, 0) is 31.9 Å². The summed E-state index contributed by atoms with van der Waals surface area (Å²) in [4.78, 5) is 24.4. The molecule has 21 heavy (non-hydrogen) atoms. The molecule has 0 spiro atoms. The monoisotopic (exact) mass is 309 g/mol. The topological polar surface area (TPSA) is 48.3 Å². The molecule has 1 aliphatic carbocycles. The molecule has 0 saturated heterocycles. The molecule has 0 bridgehead atoms. The summed E-state index contributed by atoms with van der Waals surface area (Å²) in [5.41, 5.74) is -0.157. The Hall–Kier alpha value is -1.88. The zero-order valence-electron chi connectivity index (χ0n) is 11.4. The number of ether oxygens (including phenoxy) is 1. The van der Waals surface area contributed by atoms with Crippen molar-refractivity contribution in [1.82, 2.24) is 4.57 Å². The largest absolute Gasteiger partial charge is 0.462 e. The summed E-state index contributed by atoms with van der Waals surface area (Å²) >= 11 is 5.94. The van der Waals surface area contributed by atoms with Gasteiger partial charge in [0.05, 0.1) is 22.5 Å². The Morgan fingerprint density at radius 3 is 2.81 bits per heavy atom. The van der Waals surface area contributed by atoms with E-state index in [2.05, 4.69) is 0 Å². The van der Waals surface area contributed by atoms with Crippen LogP contribution in [0.25, 0.3) is 10.9 Å². The number of fused-ring (bicyclic) bond motifs is 1. The van der Waals surface area contributed by atoms with Crippen LogP contribution in [0.1, 0.15) is 36.2 Å². The zero-order chi connectivity index (χ0) is 15.1. The lowest BCUT2D eigenvalue weighted by Gasteiger charge is -2.13. The molecule has 1 aromatic heterocycles. The molecular formula is C15H13ClFNO3. The van der Waals surface area contributed by atoms with E-state index in [1.165, 1.54) is 18.3 Å². The number of carbonyl (C=O) groups excluding carboxylic acids is 1. The smallest absolute Gasteiger partial charge is 0.343 e. The van der Waals surface area contributed by atoms with Crippen LogP contribution in [-0.4, -0.2) is 17.1 Å². The van der Waals surface area contributed by atoms with Crippen LogP contribution in [0.15, 0.2) is 23.1 Å². The fraction of sp³-hybridized carbons (Fsp3) is 0.333. The van der Waals surface area contributed by atoms with E-state index >= 15 is 0 Å². The van der Waals surface area contributed by atoms with Crippen molar-refractivity contribution in [3.05, 3.63) is 45.0 Å². The number of benzene rings is 1. The first-order valence-electron chi connectivity index (χ1n) is 6.74. The summed E-state index contributed by atoms with van der Waals surface area (Å²) in [6.45, 7) is 1.82. The molecule has 0 N–H and O–H groups in total. The van der Waals surface area contributed by atoms with Crippen molar-refractivity contribution in [2.45, 2.75) is 25.8 Å². The van der Waals surface area contributed by atoms with Gasteiger partial charge in [0.15, 0.2) is 0 Å². The molecule has 1 aromatic carbocycles. The van der Waals surface area contributed by atoms with Crippen molar-refractivity contribution in [3.8, 4) is 0 Å². The summed E-state index contributed by atoms with van der Waals surface area (Å²) in [7, 11) is 0. The molecule has 0 atom stereocenters. The van der Waals surface area contributed by atoms with Gasteiger partial charge in [0, 0.05) is 12.2 Å². The van der Waals surface area contributed by atoms with Gasteiger partial charge in [-0.3, -0.25) is 4.79 Å². The molecule has 1 fully saturated rings. The summed E-state index contributed by atoms with van der Waals surface area (Å²) in [6, 6.07) is 2.96. The molecule has 3 rings (SSSR count). The van der Waals surface area contributed by atoms with Gasteiger partial charge in [0.2, 0.25) is 5.43 Å². The highest BCUT2D eigenvalue weighted by atomic mass is 35.5. The third-order valence-corrected chi connectivity index (χ3v) is 3.90. The van der Waals surface area contributed by atoms with Crippen LogP contribution in [0.2, 0.25) is 5.02 Å². The van der Waals surface area contributed by atoms with Crippen LogP contribution >= 0.6 is 11.6 Å². The number of halogens is 2. The fourth-order valence-electron chi connectivity index (χ4n) is 2.38. The minimum Gasteiger partial charge on any atom is -0.462 e. The summed E-state index contributed by atoms with van der Waals surface area (Å²) in [6.07, 6.45) is 3.40. The second-order valence-electron chi connectivity index (χ2n) is 4.99. The summed E-state index contributed by atoms with van der Waals surface area (Å²) < 4.78 is 20.4. The van der Waals surface area contributed by atoms with Crippen molar-refractivity contribution in [2.24, 2.45) is 0 Å². The third-order valence-electron chi connectivity index (χ3n) is 3.53. The number of rotatable bonds is 3. The Balaban J connectivity index is 2.35. The molecule has 0 amide bonds. The first-order chi connectivity index (χ1) is 10.0. The van der Waals surface area contributed by atoms with E-state index in [0.717, 1.165) is 12.8 Å². The second kappa shape index (κ2) is 5.15. The van der Waals surface area contributed by atoms with E-state index < -0.39 is 17.2 Å². The molecule has 1 aliphatic rings. The fourth-order valence-corrected chi connectivity index (χ4v) is 2.63. The predicted molar refractivity (Wildman–Crippen MR) is 77.4 cm³/mol. The maximum atomic E-state index is 13.7. The molecule has 0 aliphatic heterocycles. The van der Waals surface area contributed by atoms with Gasteiger partial charge < -0.3 is 9.30 Å². The molecule has 0 radical (unpaired) electrons. The number of pyridine rings is 1. The van der Waals surface area contributed by atoms with Crippen LogP contribution < -0.4 is 5.43 Å². The molecule has 4 nitrogen and oxygen atoms in total. The maximum absolute atomic E-state index is 13.7. The molecule has 110 valence electrons. The average Bonchev–Trinajstić information content (AvgIpc) is 3.27. The lowest BCUT2D eigenvalue weighted by Crippen LogP contribution is -2.21. The van der Waals surface area contributed by atoms with Gasteiger partial charge in [-0.2, -0.15) is 0 Å². The standard InChI is InChI=1S/C15H13ClFNO3/c1-2-21-15(20)9-7-18(8-3-4-8)11-6-5-10(17)13(16)12(11)14(9)19/h5-8H,2-4H2,1H3. The van der Waals surface area contributed by atoms with Crippen molar-refractivity contribution in [3.63, 3.8) is 0 Å². The number of hydrogen-bond donors (Lipinski definition) is 0. The number of aromatic nitrogens is 1. The first kappa shape index (κ1) is 14.1. The average molecular weight is 310 g/mol.